The molecular weight excluding hydrogens is 321 g/mol. The molecule has 2 heteroatoms. The van der Waals surface area contributed by atoms with E-state index in [0.717, 1.165) is 28.0 Å². The maximum atomic E-state index is 15.0. The molecule has 140 valence electrons. The van der Waals surface area contributed by atoms with E-state index in [1.54, 1.807) is 12.1 Å². The summed E-state index contributed by atoms with van der Waals surface area (Å²) in [6, 6.07) is 5.33. The molecule has 0 spiro atoms. The highest BCUT2D eigenvalue weighted by atomic mass is 19.1. The first-order valence-electron chi connectivity index (χ1n) is 9.17. The SMILES string of the molecule is C=C(/C(C)=C1\C=CC=C(C)N1C)c1cccc(F)c1C(C)(C)C(C)(C)C. The van der Waals surface area contributed by atoms with Gasteiger partial charge in [0.15, 0.2) is 0 Å². The van der Waals surface area contributed by atoms with Gasteiger partial charge in [-0.25, -0.2) is 4.39 Å². The summed E-state index contributed by atoms with van der Waals surface area (Å²) in [6.07, 6.45) is 6.21. The summed E-state index contributed by atoms with van der Waals surface area (Å²) in [5, 5.41) is 0. The predicted molar refractivity (Wildman–Crippen MR) is 111 cm³/mol. The Labute approximate surface area is 158 Å². The van der Waals surface area contributed by atoms with Crippen LogP contribution in [-0.2, 0) is 5.41 Å². The zero-order chi connectivity index (χ0) is 19.9. The number of benzene rings is 1. The van der Waals surface area contributed by atoms with E-state index in [-0.39, 0.29) is 16.6 Å². The maximum absolute atomic E-state index is 15.0. The molecule has 1 heterocycles. The number of allylic oxidation sites excluding steroid dienone is 6. The van der Waals surface area contributed by atoms with Crippen molar-refractivity contribution in [2.75, 3.05) is 7.05 Å². The molecule has 0 aliphatic carbocycles. The number of hydrogen-bond acceptors (Lipinski definition) is 1. The van der Waals surface area contributed by atoms with Gasteiger partial charge < -0.3 is 4.90 Å². The van der Waals surface area contributed by atoms with Crippen LogP contribution in [0.25, 0.3) is 5.57 Å². The lowest BCUT2D eigenvalue weighted by Crippen LogP contribution is -2.36. The highest BCUT2D eigenvalue weighted by molar-refractivity contribution is 5.80. The van der Waals surface area contributed by atoms with E-state index in [4.69, 9.17) is 0 Å². The predicted octanol–water partition coefficient (Wildman–Crippen LogP) is 6.84. The van der Waals surface area contributed by atoms with Crippen LogP contribution in [0.5, 0.6) is 0 Å². The van der Waals surface area contributed by atoms with Gasteiger partial charge in [-0.3, -0.25) is 0 Å². The van der Waals surface area contributed by atoms with Crippen LogP contribution in [0.1, 0.15) is 59.6 Å². The minimum absolute atomic E-state index is 0.0911. The summed E-state index contributed by atoms with van der Waals surface area (Å²) in [4.78, 5) is 2.15. The molecule has 0 amide bonds. The van der Waals surface area contributed by atoms with Crippen LogP contribution in [0.2, 0.25) is 0 Å². The number of nitrogens with zero attached hydrogens (tertiary/aromatic N) is 1. The van der Waals surface area contributed by atoms with E-state index < -0.39 is 0 Å². The first-order valence-corrected chi connectivity index (χ1v) is 9.17. The summed E-state index contributed by atoms with van der Waals surface area (Å²) < 4.78 is 15.0. The van der Waals surface area contributed by atoms with Crippen molar-refractivity contribution < 1.29 is 4.39 Å². The number of likely N-dealkylation sites (N-methyl/N-ethyl adjacent to an activating group) is 1. The molecule has 0 atom stereocenters. The van der Waals surface area contributed by atoms with Crippen LogP contribution in [0.15, 0.2) is 60.0 Å². The zero-order valence-electron chi connectivity index (χ0n) is 17.5. The third kappa shape index (κ3) is 3.42. The minimum atomic E-state index is -0.342. The Bertz CT molecular complexity index is 813. The highest BCUT2D eigenvalue weighted by Crippen LogP contribution is 2.45. The highest BCUT2D eigenvalue weighted by Gasteiger charge is 2.38. The molecule has 0 N–H and O–H groups in total. The molecule has 1 aromatic carbocycles. The Morgan fingerprint density at radius 3 is 2.31 bits per heavy atom. The molecule has 1 nitrogen and oxygen atoms in total. The molecule has 1 aliphatic rings. The monoisotopic (exact) mass is 353 g/mol. The van der Waals surface area contributed by atoms with Gasteiger partial charge >= 0.3 is 0 Å². The van der Waals surface area contributed by atoms with Crippen molar-refractivity contribution in [2.45, 2.75) is 53.9 Å². The van der Waals surface area contributed by atoms with E-state index in [1.807, 2.05) is 19.2 Å². The lowest BCUT2D eigenvalue weighted by atomic mass is 9.63. The van der Waals surface area contributed by atoms with Gasteiger partial charge in [-0.15, -0.1) is 0 Å². The Balaban J connectivity index is 2.64. The molecule has 0 saturated heterocycles. The summed E-state index contributed by atoms with van der Waals surface area (Å²) in [5.41, 5.74) is 5.41. The molecule has 0 fully saturated rings. The Morgan fingerprint density at radius 2 is 1.73 bits per heavy atom. The van der Waals surface area contributed by atoms with Crippen LogP contribution < -0.4 is 0 Å². The smallest absolute Gasteiger partial charge is 0.127 e. The maximum Gasteiger partial charge on any atom is 0.127 e. The van der Waals surface area contributed by atoms with Gasteiger partial charge in [-0.2, -0.15) is 0 Å². The van der Waals surface area contributed by atoms with Gasteiger partial charge in [0.05, 0.1) is 0 Å². The number of rotatable bonds is 3. The van der Waals surface area contributed by atoms with Gasteiger partial charge in [-0.05, 0) is 59.6 Å². The third-order valence-corrected chi connectivity index (χ3v) is 6.16. The largest absolute Gasteiger partial charge is 0.348 e. The van der Waals surface area contributed by atoms with Crippen LogP contribution in [0, 0.1) is 11.2 Å². The molecule has 2 rings (SSSR count). The van der Waals surface area contributed by atoms with Crippen LogP contribution in [0.4, 0.5) is 4.39 Å². The second-order valence-electron chi connectivity index (χ2n) is 8.75. The normalized spacial score (nSPS) is 17.3. The van der Waals surface area contributed by atoms with Crippen molar-refractivity contribution in [1.82, 2.24) is 4.90 Å². The van der Waals surface area contributed by atoms with Crippen molar-refractivity contribution in [3.05, 3.63) is 76.9 Å². The van der Waals surface area contributed by atoms with Gasteiger partial charge in [0.1, 0.15) is 5.82 Å². The number of hydrogen-bond donors (Lipinski definition) is 0. The molecule has 0 saturated carbocycles. The van der Waals surface area contributed by atoms with Crippen molar-refractivity contribution in [3.8, 4) is 0 Å². The van der Waals surface area contributed by atoms with Gasteiger partial charge in [0.2, 0.25) is 0 Å². The van der Waals surface area contributed by atoms with Crippen molar-refractivity contribution >= 4 is 5.57 Å². The van der Waals surface area contributed by atoms with Gasteiger partial charge in [0, 0.05) is 24.0 Å². The molecule has 0 bridgehead atoms. The lowest BCUT2D eigenvalue weighted by Gasteiger charge is -2.41. The Kier molecular flexibility index (Phi) is 5.37. The first kappa shape index (κ1) is 20.2. The summed E-state index contributed by atoms with van der Waals surface area (Å²) >= 11 is 0. The summed E-state index contributed by atoms with van der Waals surface area (Å²) in [6.45, 7) is 19.2. The van der Waals surface area contributed by atoms with Crippen molar-refractivity contribution in [1.29, 1.82) is 0 Å². The van der Waals surface area contributed by atoms with Crippen LogP contribution >= 0.6 is 0 Å². The van der Waals surface area contributed by atoms with E-state index in [1.165, 1.54) is 5.70 Å². The second-order valence-corrected chi connectivity index (χ2v) is 8.75. The third-order valence-electron chi connectivity index (χ3n) is 6.16. The molecule has 0 aromatic heterocycles. The fraction of sp³-hybridized carbons (Fsp3) is 0.417. The first-order chi connectivity index (χ1) is 11.9. The molecule has 0 unspecified atom stereocenters. The average molecular weight is 354 g/mol. The quantitative estimate of drug-likeness (QED) is 0.575. The Morgan fingerprint density at radius 1 is 1.12 bits per heavy atom. The molecule has 0 radical (unpaired) electrons. The van der Waals surface area contributed by atoms with Crippen LogP contribution in [-0.4, -0.2) is 11.9 Å². The Hall–Kier alpha value is -2.09. The van der Waals surface area contributed by atoms with Crippen molar-refractivity contribution in [3.63, 3.8) is 0 Å². The molecule has 1 aromatic rings. The van der Waals surface area contributed by atoms with E-state index in [9.17, 15) is 4.39 Å². The van der Waals surface area contributed by atoms with Crippen LogP contribution in [0.3, 0.4) is 0 Å². The van der Waals surface area contributed by atoms with Gasteiger partial charge in [0.25, 0.3) is 0 Å². The average Bonchev–Trinajstić information content (AvgIpc) is 2.54. The summed E-state index contributed by atoms with van der Waals surface area (Å²) in [5.74, 6) is -0.162. The second kappa shape index (κ2) is 6.90. The zero-order valence-corrected chi connectivity index (χ0v) is 17.5. The fourth-order valence-electron chi connectivity index (χ4n) is 3.21. The van der Waals surface area contributed by atoms with E-state index >= 15 is 0 Å². The van der Waals surface area contributed by atoms with Crippen molar-refractivity contribution in [2.24, 2.45) is 5.41 Å². The standard InChI is InChI=1S/C24H32FN/c1-16-12-10-15-21(26(16)9)18(3)17(2)19-13-11-14-20(25)22(19)24(7,8)23(4,5)6/h10-15H,2H2,1,3-9H3/b21-18+. The lowest BCUT2D eigenvalue weighted by molar-refractivity contribution is 0.218. The fourth-order valence-corrected chi connectivity index (χ4v) is 3.21. The number of halogens is 1. The topological polar surface area (TPSA) is 3.24 Å². The molecule has 26 heavy (non-hydrogen) atoms. The van der Waals surface area contributed by atoms with E-state index in [0.29, 0.717) is 0 Å². The molecular formula is C24H32FN. The van der Waals surface area contributed by atoms with Gasteiger partial charge in [-0.1, -0.05) is 59.4 Å². The minimum Gasteiger partial charge on any atom is -0.348 e. The van der Waals surface area contributed by atoms with E-state index in [2.05, 4.69) is 72.1 Å². The summed E-state index contributed by atoms with van der Waals surface area (Å²) in [7, 11) is 2.05. The molecule has 1 aliphatic heterocycles.